The van der Waals surface area contributed by atoms with Crippen LogP contribution < -0.4 is 0 Å². The minimum atomic E-state index is -0.564. The second-order valence-corrected chi connectivity index (χ2v) is 6.04. The fourth-order valence-corrected chi connectivity index (χ4v) is 1.99. The van der Waals surface area contributed by atoms with Crippen molar-refractivity contribution in [3.05, 3.63) is 71.8 Å². The van der Waals surface area contributed by atoms with E-state index in [1.54, 1.807) is 0 Å². The SMILES string of the molecule is O=C(CCl)COCc1ccccc1.OC(CCl)COCc1ccccc1. The van der Waals surface area contributed by atoms with Crippen LogP contribution in [-0.4, -0.2) is 42.0 Å². The van der Waals surface area contributed by atoms with E-state index < -0.39 is 6.10 Å². The molecule has 6 heteroatoms. The molecule has 0 amide bonds. The van der Waals surface area contributed by atoms with Gasteiger partial charge in [-0.25, -0.2) is 0 Å². The van der Waals surface area contributed by atoms with Gasteiger partial charge in [-0.1, -0.05) is 60.7 Å². The van der Waals surface area contributed by atoms with Gasteiger partial charge in [-0.3, -0.25) is 4.79 Å². The van der Waals surface area contributed by atoms with Gasteiger partial charge in [0.15, 0.2) is 5.78 Å². The van der Waals surface area contributed by atoms with Gasteiger partial charge in [-0.2, -0.15) is 0 Å². The summed E-state index contributed by atoms with van der Waals surface area (Å²) in [7, 11) is 0. The van der Waals surface area contributed by atoms with E-state index in [0.717, 1.165) is 11.1 Å². The normalized spacial score (nSPS) is 11.3. The van der Waals surface area contributed by atoms with Crippen molar-refractivity contribution in [2.45, 2.75) is 19.3 Å². The molecule has 1 atom stereocenters. The van der Waals surface area contributed by atoms with Crippen molar-refractivity contribution in [3.63, 3.8) is 0 Å². The first-order chi connectivity index (χ1) is 12.7. The lowest BCUT2D eigenvalue weighted by atomic mass is 10.2. The van der Waals surface area contributed by atoms with Gasteiger partial charge in [0.1, 0.15) is 6.61 Å². The van der Waals surface area contributed by atoms with E-state index in [1.165, 1.54) is 0 Å². The molecule has 2 aromatic carbocycles. The second kappa shape index (κ2) is 14.7. The summed E-state index contributed by atoms with van der Waals surface area (Å²) in [6.45, 7) is 1.37. The molecule has 4 nitrogen and oxygen atoms in total. The molecule has 0 heterocycles. The van der Waals surface area contributed by atoms with Crippen LogP contribution in [-0.2, 0) is 27.5 Å². The summed E-state index contributed by atoms with van der Waals surface area (Å²) in [5.41, 5.74) is 2.16. The van der Waals surface area contributed by atoms with E-state index >= 15 is 0 Å². The zero-order valence-corrected chi connectivity index (χ0v) is 16.0. The number of ketones is 1. The lowest BCUT2D eigenvalue weighted by molar-refractivity contribution is -0.121. The number of alkyl halides is 2. The standard InChI is InChI=1S/C10H13ClO2.C10H11ClO2/c2*11-6-10(12)8-13-7-9-4-2-1-3-5-9/h1-5,10,12H,6-8H2;1-5H,6-8H2. The third kappa shape index (κ3) is 11.2. The Balaban J connectivity index is 0.000000260. The lowest BCUT2D eigenvalue weighted by Gasteiger charge is -2.07. The maximum absolute atomic E-state index is 10.7. The third-order valence-corrected chi connectivity index (χ3v) is 3.78. The predicted molar refractivity (Wildman–Crippen MR) is 105 cm³/mol. The van der Waals surface area contributed by atoms with E-state index in [4.69, 9.17) is 37.8 Å². The molecule has 2 aromatic rings. The highest BCUT2D eigenvalue weighted by Crippen LogP contribution is 2.01. The van der Waals surface area contributed by atoms with E-state index in [-0.39, 0.29) is 24.2 Å². The molecule has 0 saturated carbocycles. The summed E-state index contributed by atoms with van der Waals surface area (Å²) < 4.78 is 10.4. The summed E-state index contributed by atoms with van der Waals surface area (Å²) >= 11 is 10.7. The molecule has 0 aliphatic carbocycles. The topological polar surface area (TPSA) is 55.8 Å². The molecule has 1 unspecified atom stereocenters. The first-order valence-corrected chi connectivity index (χ1v) is 9.27. The number of aliphatic hydroxyl groups is 1. The molecule has 0 aliphatic rings. The number of benzene rings is 2. The molecule has 2 rings (SSSR count). The molecule has 142 valence electrons. The Kier molecular flexibility index (Phi) is 12.8. The molecule has 0 spiro atoms. The van der Waals surface area contributed by atoms with Gasteiger partial charge in [0, 0.05) is 0 Å². The van der Waals surface area contributed by atoms with Crippen molar-refractivity contribution >= 4 is 29.0 Å². The summed E-state index contributed by atoms with van der Waals surface area (Å²) in [6.07, 6.45) is -0.564. The second-order valence-electron chi connectivity index (χ2n) is 5.46. The van der Waals surface area contributed by atoms with Gasteiger partial charge in [-0.15, -0.1) is 23.2 Å². The minimum Gasteiger partial charge on any atom is -0.389 e. The van der Waals surface area contributed by atoms with Crippen molar-refractivity contribution in [2.24, 2.45) is 0 Å². The third-order valence-electron chi connectivity index (χ3n) is 3.12. The average molecular weight is 399 g/mol. The number of hydrogen-bond donors (Lipinski definition) is 1. The Labute approximate surface area is 164 Å². The molecule has 0 fully saturated rings. The highest BCUT2D eigenvalue weighted by atomic mass is 35.5. The van der Waals surface area contributed by atoms with Crippen molar-refractivity contribution in [2.75, 3.05) is 25.0 Å². The molecular formula is C20H24Cl2O4. The highest BCUT2D eigenvalue weighted by Gasteiger charge is 2.01. The number of hydrogen-bond acceptors (Lipinski definition) is 4. The maximum atomic E-state index is 10.7. The van der Waals surface area contributed by atoms with Gasteiger partial charge >= 0.3 is 0 Å². The van der Waals surface area contributed by atoms with Crippen LogP contribution in [0.4, 0.5) is 0 Å². The Bertz CT molecular complexity index is 593. The van der Waals surface area contributed by atoms with Crippen LogP contribution in [0.15, 0.2) is 60.7 Å². The van der Waals surface area contributed by atoms with Crippen LogP contribution in [0, 0.1) is 0 Å². The summed E-state index contributed by atoms with van der Waals surface area (Å²) in [5, 5.41) is 9.08. The molecule has 0 radical (unpaired) electrons. The van der Waals surface area contributed by atoms with E-state index in [9.17, 15) is 4.79 Å². The molecule has 0 aromatic heterocycles. The van der Waals surface area contributed by atoms with Gasteiger partial charge in [0.2, 0.25) is 0 Å². The fraction of sp³-hybridized carbons (Fsp3) is 0.350. The first kappa shape index (κ1) is 22.6. The quantitative estimate of drug-likeness (QED) is 0.618. The number of carbonyl (C=O) groups is 1. The van der Waals surface area contributed by atoms with Gasteiger partial charge in [-0.05, 0) is 11.1 Å². The lowest BCUT2D eigenvalue weighted by Crippen LogP contribution is -2.16. The Morgan fingerprint density at radius 1 is 0.885 bits per heavy atom. The van der Waals surface area contributed by atoms with E-state index in [1.807, 2.05) is 60.7 Å². The van der Waals surface area contributed by atoms with E-state index in [0.29, 0.717) is 19.8 Å². The molecule has 0 saturated heterocycles. The molecule has 0 bridgehead atoms. The number of ether oxygens (including phenoxy) is 2. The average Bonchev–Trinajstić information content (AvgIpc) is 2.70. The number of aliphatic hydroxyl groups excluding tert-OH is 1. The first-order valence-electron chi connectivity index (χ1n) is 8.20. The van der Waals surface area contributed by atoms with Crippen molar-refractivity contribution in [1.82, 2.24) is 0 Å². The van der Waals surface area contributed by atoms with Crippen molar-refractivity contribution in [3.8, 4) is 0 Å². The van der Waals surface area contributed by atoms with Crippen LogP contribution in [0.5, 0.6) is 0 Å². The van der Waals surface area contributed by atoms with Crippen LogP contribution >= 0.6 is 23.2 Å². The van der Waals surface area contributed by atoms with Crippen molar-refractivity contribution in [1.29, 1.82) is 0 Å². The molecule has 0 aliphatic heterocycles. The number of carbonyl (C=O) groups excluding carboxylic acids is 1. The van der Waals surface area contributed by atoms with Gasteiger partial charge < -0.3 is 14.6 Å². The van der Waals surface area contributed by atoms with E-state index in [2.05, 4.69) is 0 Å². The smallest absolute Gasteiger partial charge is 0.173 e. The van der Waals surface area contributed by atoms with Gasteiger partial charge in [0.25, 0.3) is 0 Å². The minimum absolute atomic E-state index is 0.0226. The summed E-state index contributed by atoms with van der Waals surface area (Å²) in [5.74, 6) is 0.154. The van der Waals surface area contributed by atoms with Crippen LogP contribution in [0.25, 0.3) is 0 Å². The molecule has 26 heavy (non-hydrogen) atoms. The maximum Gasteiger partial charge on any atom is 0.173 e. The molecule has 1 N–H and O–H groups in total. The Morgan fingerprint density at radius 3 is 1.85 bits per heavy atom. The fourth-order valence-electron chi connectivity index (χ4n) is 1.83. The summed E-state index contributed by atoms with van der Waals surface area (Å²) in [6, 6.07) is 19.5. The Morgan fingerprint density at radius 2 is 1.38 bits per heavy atom. The van der Waals surface area contributed by atoms with Crippen LogP contribution in [0.1, 0.15) is 11.1 Å². The highest BCUT2D eigenvalue weighted by molar-refractivity contribution is 6.27. The number of Topliss-reactive ketones (excluding diaryl/α,β-unsaturated/α-hetero) is 1. The van der Waals surface area contributed by atoms with Crippen molar-refractivity contribution < 1.29 is 19.4 Å². The largest absolute Gasteiger partial charge is 0.389 e. The predicted octanol–water partition coefficient (Wildman–Crippen LogP) is 3.81. The number of halogens is 2. The Hall–Kier alpha value is -1.43. The zero-order valence-electron chi connectivity index (χ0n) is 14.5. The van der Waals surface area contributed by atoms with Crippen LogP contribution in [0.2, 0.25) is 0 Å². The van der Waals surface area contributed by atoms with Gasteiger partial charge in [0.05, 0.1) is 37.7 Å². The molecular weight excluding hydrogens is 375 g/mol. The summed E-state index contributed by atoms with van der Waals surface area (Å²) in [4.78, 5) is 10.7. The number of rotatable bonds is 10. The monoisotopic (exact) mass is 398 g/mol. The zero-order chi connectivity index (χ0) is 19.0. The van der Waals surface area contributed by atoms with Crippen LogP contribution in [0.3, 0.4) is 0 Å².